The zero-order valence-electron chi connectivity index (χ0n) is 4.58. The molecular formula is C3Cl2F4O2. The molecule has 0 saturated carbocycles. The Morgan fingerprint density at radius 3 is 1.45 bits per heavy atom. The van der Waals surface area contributed by atoms with E-state index in [1.807, 2.05) is 0 Å². The maximum absolute atomic E-state index is 12.1. The average molecular weight is 215 g/mol. The molecule has 0 unspecified atom stereocenters. The van der Waals surface area contributed by atoms with Gasteiger partial charge in [-0.05, 0) is 0 Å². The van der Waals surface area contributed by atoms with Crippen molar-refractivity contribution in [3.63, 3.8) is 0 Å². The lowest BCUT2D eigenvalue weighted by Crippen LogP contribution is -2.34. The molecule has 0 aromatic carbocycles. The normalized spacial score (nSPS) is 32.2. The third kappa shape index (κ3) is 1.53. The Morgan fingerprint density at radius 1 is 0.909 bits per heavy atom. The summed E-state index contributed by atoms with van der Waals surface area (Å²) < 4.78 is 50.6. The number of hydrogen-bond acceptors (Lipinski definition) is 2. The van der Waals surface area contributed by atoms with Gasteiger partial charge >= 0.3 is 16.9 Å². The number of halogens is 6. The third-order valence-corrected chi connectivity index (χ3v) is 1.43. The smallest absolute Gasteiger partial charge is 0.250 e. The minimum atomic E-state index is -4.45. The molecule has 1 heterocycles. The summed E-state index contributed by atoms with van der Waals surface area (Å²) in [5.74, 6) is 0. The molecule has 8 heteroatoms. The van der Waals surface area contributed by atoms with Crippen LogP contribution in [0.25, 0.3) is 0 Å². The second-order valence-electron chi connectivity index (χ2n) is 1.70. The lowest BCUT2D eigenvalue weighted by Gasteiger charge is -2.14. The Morgan fingerprint density at radius 2 is 1.36 bits per heavy atom. The minimum absolute atomic E-state index is 2.80. The fourth-order valence-corrected chi connectivity index (χ4v) is 0.695. The summed E-state index contributed by atoms with van der Waals surface area (Å²) in [7, 11) is 0. The van der Waals surface area contributed by atoms with Crippen LogP contribution in [0, 0.1) is 0 Å². The summed E-state index contributed by atoms with van der Waals surface area (Å²) in [4.78, 5) is 0. The van der Waals surface area contributed by atoms with Gasteiger partial charge in [-0.25, -0.2) is 9.47 Å². The van der Waals surface area contributed by atoms with Gasteiger partial charge in [-0.3, -0.25) is 0 Å². The third-order valence-electron chi connectivity index (χ3n) is 0.833. The van der Waals surface area contributed by atoms with E-state index in [1.54, 1.807) is 0 Å². The molecule has 0 spiro atoms. The van der Waals surface area contributed by atoms with Crippen molar-refractivity contribution in [1.82, 2.24) is 0 Å². The summed E-state index contributed by atoms with van der Waals surface area (Å²) in [6.07, 6.45) is -8.87. The van der Waals surface area contributed by atoms with Crippen LogP contribution in [0.3, 0.4) is 0 Å². The second-order valence-corrected chi connectivity index (χ2v) is 2.96. The van der Waals surface area contributed by atoms with Gasteiger partial charge in [0.05, 0.1) is 0 Å². The van der Waals surface area contributed by atoms with Crippen LogP contribution >= 0.6 is 23.2 Å². The number of alkyl halides is 6. The molecule has 0 N–H and O–H groups in total. The predicted molar refractivity (Wildman–Crippen MR) is 26.5 cm³/mol. The molecule has 66 valence electrons. The summed E-state index contributed by atoms with van der Waals surface area (Å²) in [6.45, 7) is 0. The average Bonchev–Trinajstić information content (AvgIpc) is 1.66. The van der Waals surface area contributed by atoms with Crippen LogP contribution in [-0.2, 0) is 9.47 Å². The van der Waals surface area contributed by atoms with Crippen LogP contribution in [0.2, 0.25) is 0 Å². The summed E-state index contributed by atoms with van der Waals surface area (Å²) in [5, 5.41) is 0. The van der Waals surface area contributed by atoms with Gasteiger partial charge < -0.3 is 0 Å². The van der Waals surface area contributed by atoms with Gasteiger partial charge in [0.15, 0.2) is 0 Å². The van der Waals surface area contributed by atoms with Crippen LogP contribution in [0.1, 0.15) is 0 Å². The first-order chi connectivity index (χ1) is 4.66. The Balaban J connectivity index is 2.89. The van der Waals surface area contributed by atoms with Crippen molar-refractivity contribution in [1.29, 1.82) is 0 Å². The van der Waals surface area contributed by atoms with Gasteiger partial charge in [0.2, 0.25) is 0 Å². The molecule has 0 aliphatic carbocycles. The van der Waals surface area contributed by atoms with Gasteiger partial charge in [0.1, 0.15) is 0 Å². The lowest BCUT2D eigenvalue weighted by atomic mass is 10.7. The molecule has 1 aliphatic rings. The van der Waals surface area contributed by atoms with Crippen molar-refractivity contribution < 1.29 is 27.0 Å². The largest absolute Gasteiger partial charge is 0.493 e. The molecule has 1 saturated heterocycles. The molecule has 0 radical (unpaired) electrons. The van der Waals surface area contributed by atoms with Crippen molar-refractivity contribution in [3.8, 4) is 0 Å². The van der Waals surface area contributed by atoms with Gasteiger partial charge in [-0.15, -0.1) is 8.78 Å². The predicted octanol–water partition coefficient (Wildman–Crippen LogP) is 2.31. The maximum Gasteiger partial charge on any atom is 0.493 e. The van der Waals surface area contributed by atoms with Crippen LogP contribution in [0.15, 0.2) is 0 Å². The zero-order chi connectivity index (χ0) is 8.91. The molecule has 0 amide bonds. The van der Waals surface area contributed by atoms with Crippen molar-refractivity contribution in [2.45, 2.75) is 16.9 Å². The topological polar surface area (TPSA) is 18.5 Å². The Bertz CT molecular complexity index is 164. The molecule has 0 aromatic rings. The molecule has 1 fully saturated rings. The summed E-state index contributed by atoms with van der Waals surface area (Å²) in [5.41, 5.74) is 0. The quantitative estimate of drug-likeness (QED) is 0.455. The van der Waals surface area contributed by atoms with Gasteiger partial charge in [0.25, 0.3) is 0 Å². The highest BCUT2D eigenvalue weighted by atomic mass is 35.5. The molecule has 0 atom stereocenters. The van der Waals surface area contributed by atoms with E-state index >= 15 is 0 Å². The fraction of sp³-hybridized carbons (Fsp3) is 1.00. The fourth-order valence-electron chi connectivity index (χ4n) is 0.438. The molecule has 2 nitrogen and oxygen atoms in total. The minimum Gasteiger partial charge on any atom is -0.250 e. The van der Waals surface area contributed by atoms with Crippen LogP contribution in [0.5, 0.6) is 0 Å². The molecule has 1 rings (SSSR count). The highest BCUT2D eigenvalue weighted by Crippen LogP contribution is 2.52. The summed E-state index contributed by atoms with van der Waals surface area (Å²) in [6, 6.07) is 0. The van der Waals surface area contributed by atoms with E-state index in [4.69, 9.17) is 0 Å². The zero-order valence-corrected chi connectivity index (χ0v) is 6.10. The Hall–Kier alpha value is 0.220. The van der Waals surface area contributed by atoms with E-state index in [0.29, 0.717) is 0 Å². The first kappa shape index (κ1) is 9.31. The molecule has 1 aliphatic heterocycles. The van der Waals surface area contributed by atoms with E-state index in [1.165, 1.54) is 0 Å². The first-order valence-corrected chi connectivity index (χ1v) is 2.96. The molecular weight excluding hydrogens is 215 g/mol. The van der Waals surface area contributed by atoms with Crippen LogP contribution < -0.4 is 0 Å². The molecule has 0 bridgehead atoms. The Labute approximate surface area is 68.0 Å². The highest BCUT2D eigenvalue weighted by molar-refractivity contribution is 6.48. The van der Waals surface area contributed by atoms with E-state index in [0.717, 1.165) is 0 Å². The van der Waals surface area contributed by atoms with Crippen LogP contribution in [-0.4, -0.2) is 16.9 Å². The van der Waals surface area contributed by atoms with Gasteiger partial charge in [-0.2, -0.15) is 8.78 Å². The lowest BCUT2D eigenvalue weighted by molar-refractivity contribution is -0.385. The van der Waals surface area contributed by atoms with Crippen molar-refractivity contribution >= 4 is 23.2 Å². The summed E-state index contributed by atoms with van der Waals surface area (Å²) >= 11 is 9.26. The van der Waals surface area contributed by atoms with Gasteiger partial charge in [0, 0.05) is 0 Å². The van der Waals surface area contributed by atoms with Crippen molar-refractivity contribution in [2.24, 2.45) is 0 Å². The van der Waals surface area contributed by atoms with Crippen molar-refractivity contribution in [2.75, 3.05) is 0 Å². The van der Waals surface area contributed by atoms with Crippen LogP contribution in [0.4, 0.5) is 17.6 Å². The first-order valence-electron chi connectivity index (χ1n) is 2.20. The van der Waals surface area contributed by atoms with E-state index < -0.39 is 16.9 Å². The molecule has 11 heavy (non-hydrogen) atoms. The number of rotatable bonds is 0. The second kappa shape index (κ2) is 2.12. The number of ether oxygens (including phenoxy) is 2. The standard InChI is InChI=1S/C3Cl2F4O2/c4-1(5)2(6,7)11-3(8,9)10-1. The molecule has 0 aromatic heterocycles. The van der Waals surface area contributed by atoms with E-state index in [2.05, 4.69) is 32.7 Å². The number of hydrogen-bond donors (Lipinski definition) is 0. The van der Waals surface area contributed by atoms with Gasteiger partial charge in [-0.1, -0.05) is 23.2 Å². The van der Waals surface area contributed by atoms with E-state index in [-0.39, 0.29) is 0 Å². The SMILES string of the molecule is FC1(F)OC(F)(F)C(Cl)(Cl)O1. The van der Waals surface area contributed by atoms with Crippen molar-refractivity contribution in [3.05, 3.63) is 0 Å². The highest BCUT2D eigenvalue weighted by Gasteiger charge is 2.71. The monoisotopic (exact) mass is 214 g/mol. The maximum atomic E-state index is 12.1. The van der Waals surface area contributed by atoms with E-state index in [9.17, 15) is 17.6 Å². The Kier molecular flexibility index (Phi) is 1.80.